The van der Waals surface area contributed by atoms with E-state index in [1.165, 1.54) is 28.4 Å². The molecule has 0 saturated heterocycles. The summed E-state index contributed by atoms with van der Waals surface area (Å²) < 4.78 is 14.0. The van der Waals surface area contributed by atoms with Gasteiger partial charge in [0.2, 0.25) is 0 Å². The number of halogens is 2. The number of benzene rings is 2. The number of Topliss-reactive ketones (excluding diaryl/α,β-unsaturated/α-hetero) is 1. The zero-order valence-corrected chi connectivity index (χ0v) is 17.0. The van der Waals surface area contributed by atoms with E-state index >= 15 is 0 Å². The third-order valence-corrected chi connectivity index (χ3v) is 6.42. The summed E-state index contributed by atoms with van der Waals surface area (Å²) in [5.41, 5.74) is -0.239. The molecule has 2 heterocycles. The number of hydrogen-bond acceptors (Lipinski definition) is 4. The van der Waals surface area contributed by atoms with Gasteiger partial charge < -0.3 is 10.0 Å². The molecule has 28 heavy (non-hydrogen) atoms. The summed E-state index contributed by atoms with van der Waals surface area (Å²) >= 11 is 4.58. The Balaban J connectivity index is 1.67. The summed E-state index contributed by atoms with van der Waals surface area (Å²) in [4.78, 5) is 27.8. The first-order chi connectivity index (χ1) is 13.4. The van der Waals surface area contributed by atoms with E-state index in [4.69, 9.17) is 0 Å². The van der Waals surface area contributed by atoms with Crippen molar-refractivity contribution in [2.24, 2.45) is 0 Å². The Labute approximate surface area is 173 Å². The van der Waals surface area contributed by atoms with Crippen LogP contribution in [0.2, 0.25) is 0 Å². The largest absolute Gasteiger partial charge is 0.375 e. The molecule has 0 fully saturated rings. The van der Waals surface area contributed by atoms with Gasteiger partial charge >= 0.3 is 0 Å². The third-order valence-electron chi connectivity index (χ3n) is 4.76. The van der Waals surface area contributed by atoms with Gasteiger partial charge in [0.1, 0.15) is 5.82 Å². The molecule has 1 aromatic heterocycles. The lowest BCUT2D eigenvalue weighted by Gasteiger charge is -2.22. The first-order valence-corrected chi connectivity index (χ1v) is 10.2. The van der Waals surface area contributed by atoms with Gasteiger partial charge in [-0.15, -0.1) is 11.3 Å². The molecule has 142 valence electrons. The van der Waals surface area contributed by atoms with Crippen molar-refractivity contribution in [2.45, 2.75) is 18.6 Å². The van der Waals surface area contributed by atoms with Crippen LogP contribution in [-0.2, 0) is 16.9 Å². The highest BCUT2D eigenvalue weighted by Gasteiger charge is 2.50. The fourth-order valence-electron chi connectivity index (χ4n) is 3.39. The van der Waals surface area contributed by atoms with E-state index in [1.807, 2.05) is 0 Å². The van der Waals surface area contributed by atoms with Gasteiger partial charge in [-0.05, 0) is 51.8 Å². The van der Waals surface area contributed by atoms with Crippen molar-refractivity contribution >= 4 is 44.6 Å². The monoisotopic (exact) mass is 459 g/mol. The lowest BCUT2D eigenvalue weighted by molar-refractivity contribution is -0.136. The zero-order chi connectivity index (χ0) is 19.9. The number of carbonyl (C=O) groups excluding carboxylic acids is 2. The van der Waals surface area contributed by atoms with E-state index in [-0.39, 0.29) is 24.6 Å². The van der Waals surface area contributed by atoms with Crippen LogP contribution in [-0.4, -0.2) is 16.8 Å². The Morgan fingerprint density at radius 2 is 1.82 bits per heavy atom. The molecule has 1 aliphatic rings. The summed E-state index contributed by atoms with van der Waals surface area (Å²) in [7, 11) is 0. The number of ketones is 1. The third kappa shape index (κ3) is 3.30. The molecule has 1 amide bonds. The van der Waals surface area contributed by atoms with Crippen molar-refractivity contribution in [3.8, 4) is 0 Å². The average molecular weight is 460 g/mol. The van der Waals surface area contributed by atoms with Gasteiger partial charge in [0, 0.05) is 5.56 Å². The van der Waals surface area contributed by atoms with Crippen molar-refractivity contribution < 1.29 is 19.1 Å². The topological polar surface area (TPSA) is 57.6 Å². The number of amides is 1. The quantitative estimate of drug-likeness (QED) is 0.564. The minimum atomic E-state index is -1.93. The molecule has 1 atom stereocenters. The number of hydrogen-bond donors (Lipinski definition) is 1. The molecular weight excluding hydrogens is 445 g/mol. The van der Waals surface area contributed by atoms with Crippen LogP contribution in [0.15, 0.2) is 64.5 Å². The molecule has 4 nitrogen and oxygen atoms in total. The molecule has 7 heteroatoms. The van der Waals surface area contributed by atoms with Gasteiger partial charge in [0.15, 0.2) is 11.4 Å². The predicted molar refractivity (Wildman–Crippen MR) is 109 cm³/mol. The van der Waals surface area contributed by atoms with E-state index in [9.17, 15) is 19.1 Å². The SMILES string of the molecule is O=C(CC1(O)C(=O)N(Cc2ccc(F)cc2)c2ccccc21)c1ccc(Br)s1. The highest BCUT2D eigenvalue weighted by atomic mass is 79.9. The van der Waals surface area contributed by atoms with Gasteiger partial charge in [-0.25, -0.2) is 4.39 Å². The molecule has 3 aromatic rings. The highest BCUT2D eigenvalue weighted by molar-refractivity contribution is 9.11. The molecule has 0 saturated carbocycles. The Hall–Kier alpha value is -2.35. The van der Waals surface area contributed by atoms with Crippen LogP contribution in [0.4, 0.5) is 10.1 Å². The maximum Gasteiger partial charge on any atom is 0.264 e. The van der Waals surface area contributed by atoms with Crippen LogP contribution in [0.3, 0.4) is 0 Å². The average Bonchev–Trinajstić information content (AvgIpc) is 3.20. The number of aliphatic hydroxyl groups is 1. The van der Waals surface area contributed by atoms with E-state index in [1.54, 1.807) is 48.5 Å². The van der Waals surface area contributed by atoms with Crippen molar-refractivity contribution in [1.29, 1.82) is 0 Å². The molecule has 0 aliphatic carbocycles. The standard InChI is InChI=1S/C21H15BrFNO3S/c22-19-10-9-18(28-19)17(25)11-21(27)15-3-1-2-4-16(15)24(20(21)26)12-13-5-7-14(23)8-6-13/h1-10,27H,11-12H2. The smallest absolute Gasteiger partial charge is 0.264 e. The Morgan fingerprint density at radius 3 is 2.50 bits per heavy atom. The van der Waals surface area contributed by atoms with Crippen molar-refractivity contribution in [3.05, 3.63) is 86.3 Å². The fraction of sp³-hybridized carbons (Fsp3) is 0.143. The first-order valence-electron chi connectivity index (χ1n) is 8.55. The molecule has 1 unspecified atom stereocenters. The summed E-state index contributed by atoms with van der Waals surface area (Å²) in [6.07, 6.45) is -0.338. The number of para-hydroxylation sites is 1. The van der Waals surface area contributed by atoms with Crippen molar-refractivity contribution in [2.75, 3.05) is 4.90 Å². The number of rotatable bonds is 5. The molecular formula is C21H15BrFNO3S. The second-order valence-electron chi connectivity index (χ2n) is 6.60. The first kappa shape index (κ1) is 19.0. The van der Waals surface area contributed by atoms with Gasteiger partial charge in [-0.2, -0.15) is 0 Å². The van der Waals surface area contributed by atoms with Gasteiger partial charge in [0.05, 0.1) is 27.3 Å². The number of anilines is 1. The minimum Gasteiger partial charge on any atom is -0.375 e. The maximum absolute atomic E-state index is 13.2. The van der Waals surface area contributed by atoms with Crippen LogP contribution < -0.4 is 4.90 Å². The van der Waals surface area contributed by atoms with Crippen LogP contribution in [0.25, 0.3) is 0 Å². The van der Waals surface area contributed by atoms with Gasteiger partial charge in [-0.3, -0.25) is 9.59 Å². The van der Waals surface area contributed by atoms with Crippen LogP contribution in [0, 0.1) is 5.82 Å². The number of carbonyl (C=O) groups is 2. The molecule has 0 radical (unpaired) electrons. The molecule has 2 aromatic carbocycles. The number of fused-ring (bicyclic) bond motifs is 1. The summed E-state index contributed by atoms with van der Waals surface area (Å²) in [6.45, 7) is 0.178. The Kier molecular flexibility index (Phi) is 4.91. The molecule has 0 bridgehead atoms. The van der Waals surface area contributed by atoms with Gasteiger partial charge in [0.25, 0.3) is 5.91 Å². The number of thiophene rings is 1. The van der Waals surface area contributed by atoms with Crippen molar-refractivity contribution in [3.63, 3.8) is 0 Å². The lowest BCUT2D eigenvalue weighted by atomic mass is 9.89. The second kappa shape index (κ2) is 7.24. The summed E-state index contributed by atoms with van der Waals surface area (Å²) in [5, 5.41) is 11.3. The van der Waals surface area contributed by atoms with Crippen LogP contribution >= 0.6 is 27.3 Å². The zero-order valence-electron chi connectivity index (χ0n) is 14.6. The Morgan fingerprint density at radius 1 is 1.11 bits per heavy atom. The number of nitrogens with zero attached hydrogens (tertiary/aromatic N) is 1. The van der Waals surface area contributed by atoms with E-state index in [0.29, 0.717) is 16.1 Å². The summed E-state index contributed by atoms with van der Waals surface area (Å²) in [5.74, 6) is -1.21. The van der Waals surface area contributed by atoms with E-state index < -0.39 is 11.5 Å². The molecule has 0 spiro atoms. The van der Waals surface area contributed by atoms with E-state index in [2.05, 4.69) is 15.9 Å². The van der Waals surface area contributed by atoms with Gasteiger partial charge in [-0.1, -0.05) is 30.3 Å². The minimum absolute atomic E-state index is 0.178. The normalized spacial score (nSPS) is 18.4. The van der Waals surface area contributed by atoms with Crippen LogP contribution in [0.1, 0.15) is 27.2 Å². The fourth-order valence-corrected chi connectivity index (χ4v) is 4.71. The van der Waals surface area contributed by atoms with Crippen molar-refractivity contribution in [1.82, 2.24) is 0 Å². The molecule has 4 rings (SSSR count). The lowest BCUT2D eigenvalue weighted by Crippen LogP contribution is -2.41. The molecule has 1 N–H and O–H groups in total. The van der Waals surface area contributed by atoms with E-state index in [0.717, 1.165) is 9.35 Å². The summed E-state index contributed by atoms with van der Waals surface area (Å²) in [6, 6.07) is 16.2. The maximum atomic E-state index is 13.2. The second-order valence-corrected chi connectivity index (χ2v) is 9.06. The molecule has 1 aliphatic heterocycles. The van der Waals surface area contributed by atoms with Crippen LogP contribution in [0.5, 0.6) is 0 Å². The highest BCUT2D eigenvalue weighted by Crippen LogP contribution is 2.43. The predicted octanol–water partition coefficient (Wildman–Crippen LogP) is 4.66. The Bertz CT molecular complexity index is 1070.